The van der Waals surface area contributed by atoms with Gasteiger partial charge in [-0.2, -0.15) is 0 Å². The van der Waals surface area contributed by atoms with Crippen LogP contribution < -0.4 is 4.74 Å². The Hall–Kier alpha value is -1.65. The molecule has 0 aromatic heterocycles. The van der Waals surface area contributed by atoms with Gasteiger partial charge in [0.1, 0.15) is 5.75 Å². The quantitative estimate of drug-likeness (QED) is 0.110. The molecular formula is C41H65ClO5Si2. The molecule has 0 N–H and O–H groups in total. The zero-order valence-corrected chi connectivity index (χ0v) is 35.3. The van der Waals surface area contributed by atoms with Crippen LogP contribution in [0.5, 0.6) is 5.75 Å². The fourth-order valence-electron chi connectivity index (χ4n) is 7.39. The van der Waals surface area contributed by atoms with E-state index in [1.54, 1.807) is 0 Å². The topological polar surface area (TPSA) is 54.0 Å². The van der Waals surface area contributed by atoms with Gasteiger partial charge in [0, 0.05) is 11.3 Å². The minimum absolute atomic E-state index is 0.0236. The Kier molecular flexibility index (Phi) is 12.7. The number of methoxy groups -OCH3 is 1. The van der Waals surface area contributed by atoms with Crippen molar-refractivity contribution in [1.29, 1.82) is 0 Å². The highest BCUT2D eigenvalue weighted by Crippen LogP contribution is 2.58. The number of hydrogen-bond acceptors (Lipinski definition) is 5. The van der Waals surface area contributed by atoms with Gasteiger partial charge in [0.05, 0.1) is 19.3 Å². The van der Waals surface area contributed by atoms with Crippen LogP contribution in [0.25, 0.3) is 0 Å². The van der Waals surface area contributed by atoms with E-state index >= 15 is 0 Å². The standard InChI is InChI=1S/C41H65ClO5Si2/c1-13-21-41(22-16-23-41)38(47-49(11,12)40(5,6)7)31-19-15-18-30(26-31)37-33(34(42)27-35(37)46-48(9,10)39(2,3)4)25-29-17-14-20-32(24-29)45-28-36(43)44-8/h14-15,17-20,24,26,33-35,37-38H,13,16,21-23,25,27-28H2,1-12H3/t33-,34-,35+,37+,38+/m0/s1. The number of esters is 1. The molecule has 4 rings (SSSR count). The van der Waals surface area contributed by atoms with E-state index in [1.807, 2.05) is 18.2 Å². The van der Waals surface area contributed by atoms with Crippen molar-refractivity contribution in [2.75, 3.05) is 13.7 Å². The molecule has 0 radical (unpaired) electrons. The molecule has 274 valence electrons. The van der Waals surface area contributed by atoms with E-state index in [2.05, 4.69) is 105 Å². The van der Waals surface area contributed by atoms with Crippen molar-refractivity contribution in [1.82, 2.24) is 0 Å². The summed E-state index contributed by atoms with van der Waals surface area (Å²) in [6, 6.07) is 17.4. The molecule has 0 unspecified atom stereocenters. The number of carbonyl (C=O) groups is 1. The van der Waals surface area contributed by atoms with E-state index in [0.29, 0.717) is 5.75 Å². The van der Waals surface area contributed by atoms with E-state index in [4.69, 9.17) is 29.9 Å². The van der Waals surface area contributed by atoms with Gasteiger partial charge in [-0.15, -0.1) is 11.6 Å². The predicted octanol–water partition coefficient (Wildman–Crippen LogP) is 11.6. The summed E-state index contributed by atoms with van der Waals surface area (Å²) < 4.78 is 25.3. The third-order valence-electron chi connectivity index (χ3n) is 12.5. The van der Waals surface area contributed by atoms with Gasteiger partial charge in [0.15, 0.2) is 23.2 Å². The summed E-state index contributed by atoms with van der Waals surface area (Å²) in [5, 5.41) is 0.170. The molecule has 8 heteroatoms. The molecular weight excluding hydrogens is 664 g/mol. The average Bonchev–Trinajstić information content (AvgIpc) is 3.28. The molecule has 0 bridgehead atoms. The maximum absolute atomic E-state index is 11.8. The Balaban J connectivity index is 1.77. The number of halogens is 1. The minimum atomic E-state index is -2.10. The third kappa shape index (κ3) is 9.24. The molecule has 0 heterocycles. The number of rotatable bonds is 14. The van der Waals surface area contributed by atoms with Crippen LogP contribution in [-0.4, -0.2) is 47.8 Å². The number of hydrogen-bond donors (Lipinski definition) is 0. The summed E-state index contributed by atoms with van der Waals surface area (Å²) in [5.74, 6) is 0.557. The Morgan fingerprint density at radius 1 is 0.959 bits per heavy atom. The van der Waals surface area contributed by atoms with Gasteiger partial charge in [-0.25, -0.2) is 4.79 Å². The van der Waals surface area contributed by atoms with Crippen molar-refractivity contribution >= 4 is 34.2 Å². The van der Waals surface area contributed by atoms with E-state index in [1.165, 1.54) is 50.3 Å². The third-order valence-corrected chi connectivity index (χ3v) is 21.9. The molecule has 2 aromatic rings. The lowest BCUT2D eigenvalue weighted by molar-refractivity contribution is -0.142. The Labute approximate surface area is 305 Å². The molecule has 5 atom stereocenters. The van der Waals surface area contributed by atoms with Crippen molar-refractivity contribution in [2.24, 2.45) is 11.3 Å². The Bertz CT molecular complexity index is 1410. The molecule has 5 nitrogen and oxygen atoms in total. The van der Waals surface area contributed by atoms with Crippen LogP contribution in [0.1, 0.15) is 116 Å². The fourth-order valence-corrected chi connectivity index (χ4v) is 10.5. The maximum Gasteiger partial charge on any atom is 0.343 e. The lowest BCUT2D eigenvalue weighted by Gasteiger charge is -2.52. The van der Waals surface area contributed by atoms with Crippen molar-refractivity contribution in [3.05, 3.63) is 65.2 Å². The van der Waals surface area contributed by atoms with Crippen molar-refractivity contribution in [3.8, 4) is 5.75 Å². The first kappa shape index (κ1) is 40.1. The highest BCUT2D eigenvalue weighted by atomic mass is 35.5. The monoisotopic (exact) mass is 728 g/mol. The number of alkyl halides is 1. The highest BCUT2D eigenvalue weighted by molar-refractivity contribution is 6.74. The molecule has 0 spiro atoms. The van der Waals surface area contributed by atoms with E-state index in [9.17, 15) is 4.79 Å². The lowest BCUT2D eigenvalue weighted by atomic mass is 9.61. The van der Waals surface area contributed by atoms with Gasteiger partial charge in [-0.05, 0) is 109 Å². The van der Waals surface area contributed by atoms with Gasteiger partial charge in [-0.3, -0.25) is 0 Å². The van der Waals surface area contributed by atoms with Crippen molar-refractivity contribution < 1.29 is 23.1 Å². The minimum Gasteiger partial charge on any atom is -0.482 e. The maximum atomic E-state index is 11.8. The zero-order valence-electron chi connectivity index (χ0n) is 32.6. The molecule has 2 saturated carbocycles. The summed E-state index contributed by atoms with van der Waals surface area (Å²) in [7, 11) is -2.79. The number of ether oxygens (including phenoxy) is 2. The van der Waals surface area contributed by atoms with E-state index in [0.717, 1.165) is 18.4 Å². The molecule has 2 aliphatic carbocycles. The second-order valence-corrected chi connectivity index (χ2v) is 28.0. The molecule has 0 aliphatic heterocycles. The zero-order chi connectivity index (χ0) is 36.4. The number of benzene rings is 2. The van der Waals surface area contributed by atoms with Gasteiger partial charge in [0.2, 0.25) is 0 Å². The molecule has 0 saturated heterocycles. The molecule has 0 amide bonds. The molecule has 49 heavy (non-hydrogen) atoms. The molecule has 2 fully saturated rings. The van der Waals surface area contributed by atoms with Gasteiger partial charge in [-0.1, -0.05) is 97.7 Å². The van der Waals surface area contributed by atoms with Gasteiger partial charge < -0.3 is 18.3 Å². The first-order valence-electron chi connectivity index (χ1n) is 18.6. The highest BCUT2D eigenvalue weighted by Gasteiger charge is 2.51. The van der Waals surface area contributed by atoms with Crippen LogP contribution in [0.4, 0.5) is 0 Å². The van der Waals surface area contributed by atoms with Crippen LogP contribution in [0.3, 0.4) is 0 Å². The Morgan fingerprint density at radius 3 is 2.18 bits per heavy atom. The fraction of sp³-hybridized carbons (Fsp3) is 0.683. The van der Waals surface area contributed by atoms with Crippen LogP contribution in [-0.2, 0) is 24.8 Å². The molecule has 2 aliphatic rings. The van der Waals surface area contributed by atoms with Crippen molar-refractivity contribution in [2.45, 2.75) is 153 Å². The lowest BCUT2D eigenvalue weighted by Crippen LogP contribution is -2.47. The summed E-state index contributed by atoms with van der Waals surface area (Å²) in [6.07, 6.45) is 7.80. The van der Waals surface area contributed by atoms with Gasteiger partial charge in [0.25, 0.3) is 0 Å². The predicted molar refractivity (Wildman–Crippen MR) is 209 cm³/mol. The van der Waals surface area contributed by atoms with Gasteiger partial charge >= 0.3 is 5.97 Å². The average molecular weight is 730 g/mol. The van der Waals surface area contributed by atoms with E-state index in [-0.39, 0.29) is 51.5 Å². The van der Waals surface area contributed by atoms with Crippen LogP contribution in [0.15, 0.2) is 48.5 Å². The summed E-state index contributed by atoms with van der Waals surface area (Å²) in [6.45, 7) is 25.7. The summed E-state index contributed by atoms with van der Waals surface area (Å²) >= 11 is 7.38. The smallest absolute Gasteiger partial charge is 0.343 e. The summed E-state index contributed by atoms with van der Waals surface area (Å²) in [4.78, 5) is 11.8. The van der Waals surface area contributed by atoms with Crippen LogP contribution in [0, 0.1) is 11.3 Å². The van der Waals surface area contributed by atoms with Crippen LogP contribution in [0.2, 0.25) is 36.3 Å². The SMILES string of the molecule is CCCC1([C@H](O[Si](C)(C)C(C)(C)C)c2cccc([C@@H]3[C@@H](Cc4cccc(OCC(=O)OC)c4)[C@@H](Cl)C[C@H]3O[Si](C)(C)C(C)(C)C)c2)CCC1. The summed E-state index contributed by atoms with van der Waals surface area (Å²) in [5.41, 5.74) is 3.95. The second kappa shape index (κ2) is 15.5. The Morgan fingerprint density at radius 2 is 1.61 bits per heavy atom. The first-order chi connectivity index (χ1) is 22.7. The normalized spacial score (nSPS) is 23.5. The van der Waals surface area contributed by atoms with Crippen LogP contribution >= 0.6 is 11.6 Å². The largest absolute Gasteiger partial charge is 0.482 e. The first-order valence-corrected chi connectivity index (χ1v) is 24.9. The van der Waals surface area contributed by atoms with E-state index < -0.39 is 22.6 Å². The number of carbonyl (C=O) groups excluding carboxylic acids is 1. The molecule has 2 aromatic carbocycles. The second-order valence-electron chi connectivity index (χ2n) is 18.0. The van der Waals surface area contributed by atoms with Crippen molar-refractivity contribution in [3.63, 3.8) is 0 Å².